The summed E-state index contributed by atoms with van der Waals surface area (Å²) in [5.41, 5.74) is 0. The first kappa shape index (κ1) is 12.8. The zero-order chi connectivity index (χ0) is 11.6. The summed E-state index contributed by atoms with van der Waals surface area (Å²) in [5, 5.41) is 37.3. The molecule has 0 amide bonds. The molecule has 0 aromatic carbocycles. The van der Waals surface area contributed by atoms with Crippen molar-refractivity contribution in [3.8, 4) is 0 Å². The number of aliphatic hydroxyl groups is 4. The monoisotopic (exact) mass is 222 g/mol. The highest BCUT2D eigenvalue weighted by Crippen LogP contribution is 2.22. The van der Waals surface area contributed by atoms with Gasteiger partial charge >= 0.3 is 0 Å². The maximum Gasteiger partial charge on any atom is 0.186 e. The van der Waals surface area contributed by atoms with Crippen LogP contribution in [0.1, 0.15) is 13.8 Å². The highest BCUT2D eigenvalue weighted by molar-refractivity contribution is 4.88. The minimum absolute atomic E-state index is 0.188. The molecule has 0 saturated carbocycles. The van der Waals surface area contributed by atoms with Crippen LogP contribution < -0.4 is 0 Å². The molecule has 4 N–H and O–H groups in total. The fourth-order valence-corrected chi connectivity index (χ4v) is 1.45. The number of hydrogen-bond donors (Lipinski definition) is 4. The van der Waals surface area contributed by atoms with E-state index in [1.54, 1.807) is 13.8 Å². The first-order valence-corrected chi connectivity index (χ1v) is 4.93. The normalized spacial score (nSPS) is 42.2. The van der Waals surface area contributed by atoms with Crippen molar-refractivity contribution in [1.82, 2.24) is 0 Å². The third kappa shape index (κ3) is 2.87. The minimum atomic E-state index is -1.38. The molecule has 1 aliphatic rings. The van der Waals surface area contributed by atoms with Crippen LogP contribution >= 0.6 is 0 Å². The summed E-state index contributed by atoms with van der Waals surface area (Å²) in [6.07, 6.45) is -6.15. The standard InChI is InChI=1S/C9H18O6/c1-4(2)14-9-8(13)7(12)6(11)5(3-10)15-9/h4-13H,3H2,1-2H3/t5-,6-,7+,8+,9+/m0/s1. The summed E-state index contributed by atoms with van der Waals surface area (Å²) >= 11 is 0. The smallest absolute Gasteiger partial charge is 0.186 e. The van der Waals surface area contributed by atoms with Gasteiger partial charge in [-0.15, -0.1) is 0 Å². The van der Waals surface area contributed by atoms with Crippen LogP contribution in [0.2, 0.25) is 0 Å². The van der Waals surface area contributed by atoms with E-state index in [1.807, 2.05) is 0 Å². The second-order valence-corrected chi connectivity index (χ2v) is 3.88. The van der Waals surface area contributed by atoms with Gasteiger partial charge in [0.25, 0.3) is 0 Å². The van der Waals surface area contributed by atoms with E-state index in [4.69, 9.17) is 14.6 Å². The van der Waals surface area contributed by atoms with Gasteiger partial charge in [-0.2, -0.15) is 0 Å². The summed E-state index contributed by atoms with van der Waals surface area (Å²) in [5.74, 6) is 0. The molecule has 5 atom stereocenters. The van der Waals surface area contributed by atoms with Crippen molar-refractivity contribution >= 4 is 0 Å². The van der Waals surface area contributed by atoms with Crippen LogP contribution in [0.25, 0.3) is 0 Å². The Morgan fingerprint density at radius 1 is 1.13 bits per heavy atom. The zero-order valence-electron chi connectivity index (χ0n) is 8.78. The lowest BCUT2D eigenvalue weighted by molar-refractivity contribution is -0.308. The maximum absolute atomic E-state index is 9.53. The van der Waals surface area contributed by atoms with Gasteiger partial charge < -0.3 is 29.9 Å². The summed E-state index contributed by atoms with van der Waals surface area (Å²) < 4.78 is 10.3. The van der Waals surface area contributed by atoms with Crippen molar-refractivity contribution in [2.45, 2.75) is 50.7 Å². The molecule has 1 aliphatic heterocycles. The maximum atomic E-state index is 9.53. The third-order valence-corrected chi connectivity index (χ3v) is 2.25. The topological polar surface area (TPSA) is 99.4 Å². The van der Waals surface area contributed by atoms with Gasteiger partial charge in [0.15, 0.2) is 6.29 Å². The first-order chi connectivity index (χ1) is 6.97. The molecular formula is C9H18O6. The Labute approximate surface area is 88.1 Å². The van der Waals surface area contributed by atoms with Gasteiger partial charge in [0.1, 0.15) is 24.4 Å². The predicted molar refractivity (Wildman–Crippen MR) is 50.0 cm³/mol. The number of ether oxygens (including phenoxy) is 2. The highest BCUT2D eigenvalue weighted by atomic mass is 16.7. The van der Waals surface area contributed by atoms with Crippen LogP contribution in [-0.4, -0.2) is 63.8 Å². The Hall–Kier alpha value is -0.240. The Kier molecular flexibility index (Phi) is 4.45. The van der Waals surface area contributed by atoms with Gasteiger partial charge in [0, 0.05) is 0 Å². The second kappa shape index (κ2) is 5.20. The van der Waals surface area contributed by atoms with Crippen LogP contribution in [0.15, 0.2) is 0 Å². The molecule has 0 aliphatic carbocycles. The zero-order valence-corrected chi connectivity index (χ0v) is 8.78. The molecule has 6 heteroatoms. The molecule has 1 saturated heterocycles. The van der Waals surface area contributed by atoms with Crippen molar-refractivity contribution in [3.05, 3.63) is 0 Å². The Bertz CT molecular complexity index is 195. The third-order valence-electron chi connectivity index (χ3n) is 2.25. The Balaban J connectivity index is 2.65. The van der Waals surface area contributed by atoms with Crippen molar-refractivity contribution in [1.29, 1.82) is 0 Å². The molecule has 0 unspecified atom stereocenters. The van der Waals surface area contributed by atoms with Crippen molar-refractivity contribution in [2.24, 2.45) is 0 Å². The Morgan fingerprint density at radius 2 is 1.73 bits per heavy atom. The Morgan fingerprint density at radius 3 is 2.20 bits per heavy atom. The molecule has 6 nitrogen and oxygen atoms in total. The van der Waals surface area contributed by atoms with E-state index >= 15 is 0 Å². The number of rotatable bonds is 3. The average molecular weight is 222 g/mol. The van der Waals surface area contributed by atoms with Gasteiger partial charge in [0.05, 0.1) is 12.7 Å². The lowest BCUT2D eigenvalue weighted by Gasteiger charge is -2.40. The minimum Gasteiger partial charge on any atom is -0.394 e. The van der Waals surface area contributed by atoms with Crippen molar-refractivity contribution in [3.63, 3.8) is 0 Å². The molecular weight excluding hydrogens is 204 g/mol. The molecule has 0 aromatic heterocycles. The van der Waals surface area contributed by atoms with Crippen LogP contribution in [0.3, 0.4) is 0 Å². The molecule has 1 rings (SSSR count). The fourth-order valence-electron chi connectivity index (χ4n) is 1.45. The molecule has 0 radical (unpaired) electrons. The summed E-state index contributed by atoms with van der Waals surface area (Å²) in [6, 6.07) is 0. The van der Waals surface area contributed by atoms with Crippen molar-refractivity contribution < 1.29 is 29.9 Å². The van der Waals surface area contributed by atoms with Crippen molar-refractivity contribution in [2.75, 3.05) is 6.61 Å². The lowest BCUT2D eigenvalue weighted by atomic mass is 9.99. The van der Waals surface area contributed by atoms with Gasteiger partial charge in [-0.3, -0.25) is 0 Å². The molecule has 0 spiro atoms. The van der Waals surface area contributed by atoms with E-state index in [9.17, 15) is 15.3 Å². The van der Waals surface area contributed by atoms with E-state index in [0.717, 1.165) is 0 Å². The van der Waals surface area contributed by atoms with Gasteiger partial charge in [-0.05, 0) is 13.8 Å². The quantitative estimate of drug-likeness (QED) is 0.450. The van der Waals surface area contributed by atoms with E-state index in [0.29, 0.717) is 0 Å². The van der Waals surface area contributed by atoms with Crippen LogP contribution in [0, 0.1) is 0 Å². The van der Waals surface area contributed by atoms with Gasteiger partial charge in [0.2, 0.25) is 0 Å². The molecule has 0 bridgehead atoms. The second-order valence-electron chi connectivity index (χ2n) is 3.88. The highest BCUT2D eigenvalue weighted by Gasteiger charge is 2.44. The first-order valence-electron chi connectivity index (χ1n) is 4.93. The van der Waals surface area contributed by atoms with E-state index in [2.05, 4.69) is 0 Å². The van der Waals surface area contributed by atoms with E-state index in [-0.39, 0.29) is 6.10 Å². The van der Waals surface area contributed by atoms with E-state index < -0.39 is 37.3 Å². The largest absolute Gasteiger partial charge is 0.394 e. The van der Waals surface area contributed by atoms with E-state index in [1.165, 1.54) is 0 Å². The molecule has 15 heavy (non-hydrogen) atoms. The number of aliphatic hydroxyl groups excluding tert-OH is 4. The van der Waals surface area contributed by atoms with Crippen LogP contribution in [-0.2, 0) is 9.47 Å². The predicted octanol–water partition coefficient (Wildman–Crippen LogP) is -1.79. The van der Waals surface area contributed by atoms with Gasteiger partial charge in [-0.1, -0.05) is 0 Å². The van der Waals surface area contributed by atoms with Crippen LogP contribution in [0.5, 0.6) is 0 Å². The number of hydrogen-bond acceptors (Lipinski definition) is 6. The molecule has 0 aromatic rings. The average Bonchev–Trinajstić information content (AvgIpc) is 2.18. The summed E-state index contributed by atoms with van der Waals surface area (Å²) in [6.45, 7) is 3.06. The van der Waals surface area contributed by atoms with Gasteiger partial charge in [-0.25, -0.2) is 0 Å². The fraction of sp³-hybridized carbons (Fsp3) is 1.00. The molecule has 1 fully saturated rings. The SMILES string of the molecule is CC(C)O[C@@H]1O[C@@H](CO)[C@H](O)[C@@H](O)[C@H]1O. The van der Waals surface area contributed by atoms with Crippen LogP contribution in [0.4, 0.5) is 0 Å². The molecule has 90 valence electrons. The summed E-state index contributed by atoms with van der Waals surface area (Å²) in [7, 11) is 0. The lowest BCUT2D eigenvalue weighted by Crippen LogP contribution is -2.59. The molecule has 1 heterocycles. The summed E-state index contributed by atoms with van der Waals surface area (Å²) in [4.78, 5) is 0.